The third kappa shape index (κ3) is 2.71. The highest BCUT2D eigenvalue weighted by Gasteiger charge is 2.29. The van der Waals surface area contributed by atoms with Gasteiger partial charge in [0.05, 0.1) is 6.61 Å². The van der Waals surface area contributed by atoms with Gasteiger partial charge in [-0.25, -0.2) is 4.98 Å². The van der Waals surface area contributed by atoms with E-state index in [1.165, 1.54) is 4.90 Å². The highest BCUT2D eigenvalue weighted by atomic mass is 16.3. The predicted molar refractivity (Wildman–Crippen MR) is 61.5 cm³/mol. The van der Waals surface area contributed by atoms with Gasteiger partial charge in [-0.2, -0.15) is 0 Å². The van der Waals surface area contributed by atoms with E-state index in [-0.39, 0.29) is 24.9 Å². The van der Waals surface area contributed by atoms with Gasteiger partial charge in [-0.1, -0.05) is 6.08 Å². The third-order valence-electron chi connectivity index (χ3n) is 2.66. The van der Waals surface area contributed by atoms with E-state index in [1.54, 1.807) is 6.08 Å². The number of carbonyl (C=O) groups excluding carboxylic acids is 1. The van der Waals surface area contributed by atoms with E-state index >= 15 is 0 Å². The highest BCUT2D eigenvalue weighted by Crippen LogP contribution is 2.37. The van der Waals surface area contributed by atoms with E-state index in [9.17, 15) is 4.79 Å². The molecule has 1 aromatic heterocycles. The largest absolute Gasteiger partial charge is 0.395 e. The van der Waals surface area contributed by atoms with Crippen molar-refractivity contribution >= 4 is 5.91 Å². The first kappa shape index (κ1) is 11.8. The number of amides is 1. The molecule has 0 unspecified atom stereocenters. The zero-order chi connectivity index (χ0) is 12.3. The summed E-state index contributed by atoms with van der Waals surface area (Å²) in [5.74, 6) is 1.12. The maximum atomic E-state index is 12.0. The van der Waals surface area contributed by atoms with Crippen LogP contribution in [0.1, 0.15) is 35.2 Å². The van der Waals surface area contributed by atoms with Crippen molar-refractivity contribution in [2.45, 2.75) is 18.8 Å². The minimum absolute atomic E-state index is 0.0838. The lowest BCUT2D eigenvalue weighted by Crippen LogP contribution is -2.34. The minimum Gasteiger partial charge on any atom is -0.395 e. The van der Waals surface area contributed by atoms with Crippen LogP contribution in [0.5, 0.6) is 0 Å². The first-order valence-corrected chi connectivity index (χ1v) is 5.69. The van der Waals surface area contributed by atoms with Crippen LogP contribution in [-0.2, 0) is 0 Å². The average molecular weight is 236 g/mol. The van der Waals surface area contributed by atoms with Gasteiger partial charge in [-0.3, -0.25) is 9.89 Å². The molecule has 2 N–H and O–H groups in total. The predicted octanol–water partition coefficient (Wildman–Crippen LogP) is 0.303. The number of H-pyrrole nitrogens is 1. The first-order chi connectivity index (χ1) is 8.26. The molecule has 1 heterocycles. The molecule has 92 valence electrons. The Morgan fingerprint density at radius 1 is 1.65 bits per heavy atom. The van der Waals surface area contributed by atoms with Gasteiger partial charge < -0.3 is 10.0 Å². The summed E-state index contributed by atoms with van der Waals surface area (Å²) in [7, 11) is 0. The van der Waals surface area contributed by atoms with E-state index in [4.69, 9.17) is 5.11 Å². The van der Waals surface area contributed by atoms with Gasteiger partial charge in [0.1, 0.15) is 5.82 Å². The molecule has 1 aliphatic carbocycles. The summed E-state index contributed by atoms with van der Waals surface area (Å²) < 4.78 is 0. The lowest BCUT2D eigenvalue weighted by Gasteiger charge is -2.17. The van der Waals surface area contributed by atoms with Gasteiger partial charge in [0, 0.05) is 19.0 Å². The van der Waals surface area contributed by atoms with Crippen molar-refractivity contribution in [1.82, 2.24) is 20.1 Å². The Morgan fingerprint density at radius 2 is 2.41 bits per heavy atom. The van der Waals surface area contributed by atoms with Crippen LogP contribution in [-0.4, -0.2) is 50.8 Å². The molecule has 1 fully saturated rings. The molecule has 1 saturated carbocycles. The van der Waals surface area contributed by atoms with Crippen molar-refractivity contribution in [1.29, 1.82) is 0 Å². The van der Waals surface area contributed by atoms with Gasteiger partial charge in [-0.05, 0) is 12.8 Å². The second kappa shape index (κ2) is 5.09. The lowest BCUT2D eigenvalue weighted by atomic mass is 10.4. The summed E-state index contributed by atoms with van der Waals surface area (Å²) in [4.78, 5) is 17.7. The van der Waals surface area contributed by atoms with Crippen LogP contribution in [0.4, 0.5) is 0 Å². The molecule has 0 aliphatic heterocycles. The summed E-state index contributed by atoms with van der Waals surface area (Å²) in [6, 6.07) is 0. The summed E-state index contributed by atoms with van der Waals surface area (Å²) in [5, 5.41) is 15.6. The lowest BCUT2D eigenvalue weighted by molar-refractivity contribution is 0.0731. The van der Waals surface area contributed by atoms with Crippen LogP contribution in [0.25, 0.3) is 0 Å². The number of aliphatic hydroxyl groups excluding tert-OH is 1. The zero-order valence-corrected chi connectivity index (χ0v) is 9.59. The van der Waals surface area contributed by atoms with Crippen LogP contribution in [0.3, 0.4) is 0 Å². The average Bonchev–Trinajstić information content (AvgIpc) is 3.06. The Morgan fingerprint density at radius 3 is 3.00 bits per heavy atom. The van der Waals surface area contributed by atoms with Crippen LogP contribution in [0.15, 0.2) is 12.7 Å². The Labute approximate surface area is 99.4 Å². The number of hydrogen-bond donors (Lipinski definition) is 2. The summed E-state index contributed by atoms with van der Waals surface area (Å²) >= 11 is 0. The molecule has 0 radical (unpaired) electrons. The van der Waals surface area contributed by atoms with Crippen LogP contribution < -0.4 is 0 Å². The molecule has 0 saturated heterocycles. The van der Waals surface area contributed by atoms with E-state index in [2.05, 4.69) is 21.8 Å². The Bertz CT molecular complexity index is 411. The zero-order valence-electron chi connectivity index (χ0n) is 9.59. The topological polar surface area (TPSA) is 82.1 Å². The normalized spacial score (nSPS) is 14.6. The van der Waals surface area contributed by atoms with Gasteiger partial charge in [-0.15, -0.1) is 11.7 Å². The monoisotopic (exact) mass is 236 g/mol. The number of aliphatic hydroxyl groups is 1. The molecule has 6 heteroatoms. The number of aromatic nitrogens is 3. The summed E-state index contributed by atoms with van der Waals surface area (Å²) in [6.07, 6.45) is 3.83. The van der Waals surface area contributed by atoms with E-state index in [0.717, 1.165) is 18.7 Å². The van der Waals surface area contributed by atoms with E-state index in [0.29, 0.717) is 12.5 Å². The van der Waals surface area contributed by atoms with Gasteiger partial charge in [0.25, 0.3) is 5.91 Å². The molecule has 0 spiro atoms. The standard InChI is InChI=1S/C11H16N4O2/c1-2-5-15(6-7-16)11(17)10-12-9(13-14-10)8-3-4-8/h2,8,16H,1,3-7H2,(H,12,13,14). The number of nitrogens with one attached hydrogen (secondary N) is 1. The molecular formula is C11H16N4O2. The summed E-state index contributed by atoms with van der Waals surface area (Å²) in [6.45, 7) is 4.14. The molecule has 1 aromatic rings. The number of rotatable bonds is 6. The number of hydrogen-bond acceptors (Lipinski definition) is 4. The Balaban J connectivity index is 2.06. The quantitative estimate of drug-likeness (QED) is 0.696. The second-order valence-electron chi connectivity index (χ2n) is 4.08. The van der Waals surface area contributed by atoms with Gasteiger partial charge >= 0.3 is 0 Å². The van der Waals surface area contributed by atoms with Crippen molar-refractivity contribution in [3.63, 3.8) is 0 Å². The molecule has 0 aromatic carbocycles. The van der Waals surface area contributed by atoms with Crippen LogP contribution >= 0.6 is 0 Å². The van der Waals surface area contributed by atoms with Crippen molar-refractivity contribution in [2.24, 2.45) is 0 Å². The molecule has 1 aliphatic rings. The SMILES string of the molecule is C=CCN(CCO)C(=O)c1n[nH]c(C2CC2)n1. The molecule has 1 amide bonds. The van der Waals surface area contributed by atoms with Crippen molar-refractivity contribution in [3.8, 4) is 0 Å². The van der Waals surface area contributed by atoms with E-state index < -0.39 is 0 Å². The fourth-order valence-corrected chi connectivity index (χ4v) is 1.60. The maximum Gasteiger partial charge on any atom is 0.293 e. The Hall–Kier alpha value is -1.69. The maximum absolute atomic E-state index is 12.0. The molecule has 0 atom stereocenters. The molecule has 0 bridgehead atoms. The molecule has 17 heavy (non-hydrogen) atoms. The van der Waals surface area contributed by atoms with E-state index in [1.807, 2.05) is 0 Å². The first-order valence-electron chi connectivity index (χ1n) is 5.69. The van der Waals surface area contributed by atoms with Gasteiger partial charge in [0.2, 0.25) is 5.82 Å². The smallest absolute Gasteiger partial charge is 0.293 e. The second-order valence-corrected chi connectivity index (χ2v) is 4.08. The van der Waals surface area contributed by atoms with Crippen molar-refractivity contribution in [2.75, 3.05) is 19.7 Å². The van der Waals surface area contributed by atoms with Gasteiger partial charge in [0.15, 0.2) is 0 Å². The number of nitrogens with zero attached hydrogens (tertiary/aromatic N) is 3. The van der Waals surface area contributed by atoms with Crippen molar-refractivity contribution in [3.05, 3.63) is 24.3 Å². The minimum atomic E-state index is -0.276. The highest BCUT2D eigenvalue weighted by molar-refractivity contribution is 5.90. The number of carbonyl (C=O) groups is 1. The fraction of sp³-hybridized carbons (Fsp3) is 0.545. The molecule has 6 nitrogen and oxygen atoms in total. The summed E-state index contributed by atoms with van der Waals surface area (Å²) in [5.41, 5.74) is 0. The van der Waals surface area contributed by atoms with Crippen LogP contribution in [0, 0.1) is 0 Å². The number of aromatic amines is 1. The molecular weight excluding hydrogens is 220 g/mol. The van der Waals surface area contributed by atoms with Crippen LogP contribution in [0.2, 0.25) is 0 Å². The fourth-order valence-electron chi connectivity index (χ4n) is 1.60. The van der Waals surface area contributed by atoms with Crippen molar-refractivity contribution < 1.29 is 9.90 Å². The Kier molecular flexibility index (Phi) is 3.53. The molecule has 2 rings (SSSR count). The third-order valence-corrected chi connectivity index (χ3v) is 2.66.